The molecule has 0 bridgehead atoms. The fourth-order valence-corrected chi connectivity index (χ4v) is 0.745. The van der Waals surface area contributed by atoms with E-state index in [2.05, 4.69) is 5.32 Å². The third-order valence-electron chi connectivity index (χ3n) is 2.30. The molecule has 0 aliphatic carbocycles. The van der Waals surface area contributed by atoms with Crippen LogP contribution in [0.15, 0.2) is 0 Å². The van der Waals surface area contributed by atoms with Crippen LogP contribution in [0.25, 0.3) is 0 Å². The van der Waals surface area contributed by atoms with Crippen molar-refractivity contribution in [3.63, 3.8) is 0 Å². The van der Waals surface area contributed by atoms with Crippen LogP contribution < -0.4 is 5.32 Å². The molecule has 0 amide bonds. The average Bonchev–Trinajstić information content (AvgIpc) is 1.98. The highest BCUT2D eigenvalue weighted by molar-refractivity contribution is 4.86. The lowest BCUT2D eigenvalue weighted by Gasteiger charge is -2.33. The summed E-state index contributed by atoms with van der Waals surface area (Å²) in [5, 5.41) is 11.2. The van der Waals surface area contributed by atoms with Gasteiger partial charge in [0.2, 0.25) is 0 Å². The molecule has 5 heteroatoms. The van der Waals surface area contributed by atoms with Gasteiger partial charge in [-0.2, -0.15) is 13.2 Å². The predicted octanol–water partition coefficient (Wildman–Crippen LogP) is 1.55. The van der Waals surface area contributed by atoms with Crippen molar-refractivity contribution >= 4 is 0 Å². The summed E-state index contributed by atoms with van der Waals surface area (Å²) in [6.07, 6.45) is -4.23. The lowest BCUT2D eigenvalue weighted by molar-refractivity contribution is -0.130. The quantitative estimate of drug-likeness (QED) is 0.720. The number of hydrogen-bond donors (Lipinski definition) is 2. The molecule has 0 aromatic carbocycles. The summed E-state index contributed by atoms with van der Waals surface area (Å²) < 4.78 is 35.5. The Morgan fingerprint density at radius 3 is 2.00 bits per heavy atom. The van der Waals surface area contributed by atoms with Gasteiger partial charge in [-0.3, -0.25) is 0 Å². The second-order valence-corrected chi connectivity index (χ2v) is 3.70. The summed E-state index contributed by atoms with van der Waals surface area (Å²) in [6, 6.07) is 0. The Morgan fingerprint density at radius 2 is 1.77 bits per heavy atom. The van der Waals surface area contributed by atoms with E-state index < -0.39 is 18.3 Å². The van der Waals surface area contributed by atoms with Crippen molar-refractivity contribution < 1.29 is 18.3 Å². The predicted molar refractivity (Wildman–Crippen MR) is 44.4 cm³/mol. The highest BCUT2D eigenvalue weighted by Crippen LogP contribution is 2.19. The highest BCUT2D eigenvalue weighted by Gasteiger charge is 2.34. The Hall–Kier alpha value is -0.290. The molecule has 0 heterocycles. The van der Waals surface area contributed by atoms with Crippen LogP contribution in [0, 0.1) is 5.92 Å². The van der Waals surface area contributed by atoms with Crippen molar-refractivity contribution in [2.24, 2.45) is 5.92 Å². The number of rotatable bonds is 4. The molecule has 0 radical (unpaired) electrons. The van der Waals surface area contributed by atoms with Crippen LogP contribution in [0.5, 0.6) is 0 Å². The van der Waals surface area contributed by atoms with Gasteiger partial charge < -0.3 is 10.4 Å². The molecule has 1 atom stereocenters. The molecule has 2 N–H and O–H groups in total. The average molecular weight is 199 g/mol. The minimum atomic E-state index is -4.23. The molecule has 0 saturated heterocycles. The smallest absolute Gasteiger partial charge is 0.394 e. The van der Waals surface area contributed by atoms with Crippen molar-refractivity contribution in [1.29, 1.82) is 0 Å². The maximum absolute atomic E-state index is 11.8. The minimum absolute atomic E-state index is 0.0557. The van der Waals surface area contributed by atoms with Gasteiger partial charge in [0.25, 0.3) is 0 Å². The Balaban J connectivity index is 4.14. The molecule has 0 aromatic heterocycles. The van der Waals surface area contributed by atoms with Crippen LogP contribution in [0.3, 0.4) is 0 Å². The largest absolute Gasteiger partial charge is 0.401 e. The summed E-state index contributed by atoms with van der Waals surface area (Å²) in [4.78, 5) is 0. The number of halogens is 3. The molecule has 1 unspecified atom stereocenters. The molecule has 80 valence electrons. The number of hydrogen-bond acceptors (Lipinski definition) is 2. The fourth-order valence-electron chi connectivity index (χ4n) is 0.745. The molecule has 0 aliphatic rings. The first-order chi connectivity index (χ1) is 5.71. The third kappa shape index (κ3) is 4.47. The van der Waals surface area contributed by atoms with E-state index in [4.69, 9.17) is 5.11 Å². The van der Waals surface area contributed by atoms with Gasteiger partial charge in [0.05, 0.1) is 13.2 Å². The van der Waals surface area contributed by atoms with Gasteiger partial charge in [0, 0.05) is 5.54 Å². The molecule has 0 aromatic rings. The first kappa shape index (κ1) is 12.7. The van der Waals surface area contributed by atoms with Gasteiger partial charge in [0.1, 0.15) is 0 Å². The molecular weight excluding hydrogens is 183 g/mol. The summed E-state index contributed by atoms with van der Waals surface area (Å²) in [6.45, 7) is 3.73. The molecule has 13 heavy (non-hydrogen) atoms. The van der Waals surface area contributed by atoms with Crippen LogP contribution >= 0.6 is 0 Å². The van der Waals surface area contributed by atoms with Crippen LogP contribution in [0.2, 0.25) is 0 Å². The summed E-state index contributed by atoms with van der Waals surface area (Å²) in [5.41, 5.74) is -0.866. The topological polar surface area (TPSA) is 32.3 Å². The minimum Gasteiger partial charge on any atom is -0.394 e. The molecular formula is C8H16F3NO. The first-order valence-electron chi connectivity index (χ1n) is 4.14. The zero-order valence-electron chi connectivity index (χ0n) is 8.07. The van der Waals surface area contributed by atoms with E-state index in [0.29, 0.717) is 0 Å². The van der Waals surface area contributed by atoms with Crippen molar-refractivity contribution in [2.75, 3.05) is 13.2 Å². The lowest BCUT2D eigenvalue weighted by Crippen LogP contribution is -2.53. The van der Waals surface area contributed by atoms with E-state index in [1.807, 2.05) is 0 Å². The molecule has 0 saturated carbocycles. The van der Waals surface area contributed by atoms with Crippen molar-refractivity contribution in [3.8, 4) is 0 Å². The number of alkyl halides is 3. The van der Waals surface area contributed by atoms with Gasteiger partial charge in [-0.05, 0) is 12.8 Å². The second-order valence-electron chi connectivity index (χ2n) is 3.70. The van der Waals surface area contributed by atoms with E-state index in [9.17, 15) is 13.2 Å². The van der Waals surface area contributed by atoms with E-state index >= 15 is 0 Å². The van der Waals surface area contributed by atoms with Crippen LogP contribution in [-0.4, -0.2) is 30.0 Å². The van der Waals surface area contributed by atoms with Gasteiger partial charge in [-0.15, -0.1) is 0 Å². The lowest BCUT2D eigenvalue weighted by atomic mass is 9.89. The Bertz CT molecular complexity index is 158. The van der Waals surface area contributed by atoms with Gasteiger partial charge >= 0.3 is 6.18 Å². The van der Waals surface area contributed by atoms with Crippen molar-refractivity contribution in [2.45, 2.75) is 32.5 Å². The number of aliphatic hydroxyl groups excluding tert-OH is 1. The normalized spacial score (nSPS) is 17.5. The monoisotopic (exact) mass is 199 g/mol. The van der Waals surface area contributed by atoms with Crippen molar-refractivity contribution in [3.05, 3.63) is 0 Å². The Labute approximate surface area is 76.1 Å². The molecule has 0 rings (SSSR count). The maximum Gasteiger partial charge on any atom is 0.401 e. The summed E-state index contributed by atoms with van der Waals surface area (Å²) in [5.74, 6) is -0.0557. The molecule has 0 fully saturated rings. The molecule has 2 nitrogen and oxygen atoms in total. The van der Waals surface area contributed by atoms with E-state index in [1.165, 1.54) is 0 Å². The SMILES string of the molecule is CC(C)C(C)(CO)NCC(F)(F)F. The van der Waals surface area contributed by atoms with E-state index in [1.54, 1.807) is 20.8 Å². The van der Waals surface area contributed by atoms with Crippen molar-refractivity contribution in [1.82, 2.24) is 5.32 Å². The van der Waals surface area contributed by atoms with Gasteiger partial charge in [-0.1, -0.05) is 13.8 Å². The number of nitrogens with one attached hydrogen (secondary N) is 1. The maximum atomic E-state index is 11.8. The van der Waals surface area contributed by atoms with E-state index in [0.717, 1.165) is 0 Å². The first-order valence-corrected chi connectivity index (χ1v) is 4.14. The highest BCUT2D eigenvalue weighted by atomic mass is 19.4. The van der Waals surface area contributed by atoms with Crippen LogP contribution in [-0.2, 0) is 0 Å². The summed E-state index contributed by atoms with van der Waals surface area (Å²) >= 11 is 0. The summed E-state index contributed by atoms with van der Waals surface area (Å²) in [7, 11) is 0. The molecule has 0 spiro atoms. The number of aliphatic hydroxyl groups is 1. The standard InChI is InChI=1S/C8H16F3NO/c1-6(2)7(3,5-13)12-4-8(9,10)11/h6,12-13H,4-5H2,1-3H3. The van der Waals surface area contributed by atoms with Crippen LogP contribution in [0.1, 0.15) is 20.8 Å². The zero-order valence-corrected chi connectivity index (χ0v) is 8.07. The van der Waals surface area contributed by atoms with Gasteiger partial charge in [-0.25, -0.2) is 0 Å². The van der Waals surface area contributed by atoms with E-state index in [-0.39, 0.29) is 12.5 Å². The second kappa shape index (κ2) is 4.28. The Morgan fingerprint density at radius 1 is 1.31 bits per heavy atom. The third-order valence-corrected chi connectivity index (χ3v) is 2.30. The zero-order chi connectivity index (χ0) is 10.7. The fraction of sp³-hybridized carbons (Fsp3) is 1.00. The van der Waals surface area contributed by atoms with Crippen LogP contribution in [0.4, 0.5) is 13.2 Å². The molecule has 0 aliphatic heterocycles. The Kier molecular flexibility index (Phi) is 4.19. The van der Waals surface area contributed by atoms with Gasteiger partial charge in [0.15, 0.2) is 0 Å².